The predicted molar refractivity (Wildman–Crippen MR) is 40.9 cm³/mol. The summed E-state index contributed by atoms with van der Waals surface area (Å²) in [4.78, 5) is 3.85. The Morgan fingerprint density at radius 3 is 3.27 bits per heavy atom. The summed E-state index contributed by atoms with van der Waals surface area (Å²) in [7, 11) is 0. The molecule has 2 aliphatic heterocycles. The largest absolute Gasteiger partial charge is 0.473 e. The average molecular weight is 149 g/mol. The van der Waals surface area contributed by atoms with E-state index in [1.165, 1.54) is 18.7 Å². The Labute approximate surface area is 64.0 Å². The molecule has 0 aromatic heterocycles. The summed E-state index contributed by atoms with van der Waals surface area (Å²) in [6, 6.07) is 0. The maximum absolute atomic E-state index is 9.76. The first-order valence-corrected chi connectivity index (χ1v) is 3.28. The molecule has 0 radical (unpaired) electrons. The van der Waals surface area contributed by atoms with E-state index in [-0.39, 0.29) is 0 Å². The molecule has 3 nitrogen and oxygen atoms in total. The number of hydrogen-bond acceptors (Lipinski definition) is 3. The van der Waals surface area contributed by atoms with Crippen molar-refractivity contribution in [2.75, 3.05) is 0 Å². The lowest BCUT2D eigenvalue weighted by molar-refractivity contribution is 0.211. The summed E-state index contributed by atoms with van der Waals surface area (Å²) >= 11 is 0. The predicted octanol–water partition coefficient (Wildman–Crippen LogP) is 0.743. The van der Waals surface area contributed by atoms with Gasteiger partial charge in [0, 0.05) is 18.0 Å². The van der Waals surface area contributed by atoms with Crippen LogP contribution in [0.25, 0.3) is 0 Å². The van der Waals surface area contributed by atoms with E-state index in [0.29, 0.717) is 0 Å². The van der Waals surface area contributed by atoms with Crippen molar-refractivity contribution in [3.05, 3.63) is 36.4 Å². The molecule has 11 heavy (non-hydrogen) atoms. The van der Waals surface area contributed by atoms with Crippen LogP contribution in [0, 0.1) is 0 Å². The van der Waals surface area contributed by atoms with E-state index in [0.717, 1.165) is 5.57 Å². The molecule has 0 fully saturated rings. The molecule has 0 saturated carbocycles. The lowest BCUT2D eigenvalue weighted by Crippen LogP contribution is -2.26. The van der Waals surface area contributed by atoms with Crippen LogP contribution in [0.5, 0.6) is 0 Å². The number of fused-ring (bicyclic) bond motifs is 1. The van der Waals surface area contributed by atoms with Crippen molar-refractivity contribution in [2.24, 2.45) is 4.99 Å². The van der Waals surface area contributed by atoms with Gasteiger partial charge in [0.1, 0.15) is 5.60 Å². The molecule has 0 aliphatic carbocycles. The number of aliphatic imine (C=N–C) groups is 1. The Bertz CT molecular complexity index is 288. The zero-order valence-electron chi connectivity index (χ0n) is 5.77. The van der Waals surface area contributed by atoms with Crippen molar-refractivity contribution in [3.8, 4) is 0 Å². The molecular weight excluding hydrogens is 142 g/mol. The third-order valence-corrected chi connectivity index (χ3v) is 1.67. The van der Waals surface area contributed by atoms with E-state index in [4.69, 9.17) is 4.74 Å². The summed E-state index contributed by atoms with van der Waals surface area (Å²) in [6.45, 7) is 0. The molecule has 1 unspecified atom stereocenters. The number of ether oxygens (including phenoxy) is 1. The van der Waals surface area contributed by atoms with E-state index < -0.39 is 5.60 Å². The molecule has 2 rings (SSSR count). The molecule has 1 atom stereocenters. The van der Waals surface area contributed by atoms with Crippen LogP contribution >= 0.6 is 0 Å². The second-order valence-electron chi connectivity index (χ2n) is 2.43. The number of rotatable bonds is 0. The van der Waals surface area contributed by atoms with Gasteiger partial charge in [0.2, 0.25) is 0 Å². The van der Waals surface area contributed by atoms with Gasteiger partial charge in [0.15, 0.2) is 0 Å². The van der Waals surface area contributed by atoms with Crippen molar-refractivity contribution in [3.63, 3.8) is 0 Å². The maximum atomic E-state index is 9.76. The summed E-state index contributed by atoms with van der Waals surface area (Å²) in [5, 5.41) is 9.76. The number of nitrogens with zero attached hydrogens (tertiary/aromatic N) is 1. The molecule has 0 amide bonds. The molecular formula is C8H7NO2. The lowest BCUT2D eigenvalue weighted by Gasteiger charge is -2.13. The highest BCUT2D eigenvalue weighted by Gasteiger charge is 2.29. The zero-order valence-corrected chi connectivity index (χ0v) is 5.77. The van der Waals surface area contributed by atoms with Gasteiger partial charge in [0.25, 0.3) is 0 Å². The molecule has 2 aliphatic rings. The van der Waals surface area contributed by atoms with E-state index in [1.54, 1.807) is 18.4 Å². The van der Waals surface area contributed by atoms with E-state index in [9.17, 15) is 5.11 Å². The molecule has 0 saturated heterocycles. The average Bonchev–Trinajstić information content (AvgIpc) is 2.24. The SMILES string of the molecule is OC12C=COC=CC1=CN=C2. The molecule has 0 aromatic carbocycles. The fourth-order valence-corrected chi connectivity index (χ4v) is 1.03. The molecule has 56 valence electrons. The summed E-state index contributed by atoms with van der Waals surface area (Å²) in [5.41, 5.74) is -0.321. The van der Waals surface area contributed by atoms with Gasteiger partial charge in [-0.1, -0.05) is 0 Å². The summed E-state index contributed by atoms with van der Waals surface area (Å²) in [6.07, 6.45) is 9.26. The van der Waals surface area contributed by atoms with Crippen molar-refractivity contribution in [1.82, 2.24) is 0 Å². The third kappa shape index (κ3) is 0.897. The minimum atomic E-state index is -1.05. The van der Waals surface area contributed by atoms with Crippen molar-refractivity contribution < 1.29 is 9.84 Å². The normalized spacial score (nSPS) is 32.6. The first-order chi connectivity index (χ1) is 5.31. The second-order valence-corrected chi connectivity index (χ2v) is 2.43. The third-order valence-electron chi connectivity index (χ3n) is 1.67. The van der Waals surface area contributed by atoms with Gasteiger partial charge >= 0.3 is 0 Å². The van der Waals surface area contributed by atoms with Crippen LogP contribution in [0.15, 0.2) is 41.4 Å². The minimum Gasteiger partial charge on any atom is -0.473 e. The number of aliphatic hydroxyl groups is 1. The lowest BCUT2D eigenvalue weighted by atomic mass is 9.98. The fourth-order valence-electron chi connectivity index (χ4n) is 1.03. The van der Waals surface area contributed by atoms with E-state index in [2.05, 4.69) is 4.99 Å². The van der Waals surface area contributed by atoms with Crippen molar-refractivity contribution in [2.45, 2.75) is 5.60 Å². The summed E-state index contributed by atoms with van der Waals surface area (Å²) < 4.78 is 4.87. The quantitative estimate of drug-likeness (QED) is 0.552. The van der Waals surface area contributed by atoms with Crippen LogP contribution < -0.4 is 0 Å². The highest BCUT2D eigenvalue weighted by Crippen LogP contribution is 2.24. The summed E-state index contributed by atoms with van der Waals surface area (Å²) in [5.74, 6) is 0. The van der Waals surface area contributed by atoms with Crippen LogP contribution in [0.2, 0.25) is 0 Å². The molecule has 2 heterocycles. The first kappa shape index (κ1) is 6.37. The highest BCUT2D eigenvalue weighted by molar-refractivity contribution is 5.81. The molecule has 0 bridgehead atoms. The van der Waals surface area contributed by atoms with Gasteiger partial charge in [-0.3, -0.25) is 4.99 Å². The molecule has 3 heteroatoms. The highest BCUT2D eigenvalue weighted by atomic mass is 16.5. The van der Waals surface area contributed by atoms with Gasteiger partial charge < -0.3 is 9.84 Å². The standard InChI is InChI=1S/C8H7NO2/c10-8-2-4-11-3-1-7(8)5-9-6-8/h1-6,10H. The van der Waals surface area contributed by atoms with Gasteiger partial charge in [-0.05, 0) is 12.2 Å². The minimum absolute atomic E-state index is 0.728. The van der Waals surface area contributed by atoms with Crippen LogP contribution in [0.4, 0.5) is 0 Å². The Morgan fingerprint density at radius 2 is 2.36 bits per heavy atom. The van der Waals surface area contributed by atoms with E-state index in [1.807, 2.05) is 0 Å². The van der Waals surface area contributed by atoms with Crippen LogP contribution in [-0.4, -0.2) is 16.9 Å². The second kappa shape index (κ2) is 2.07. The Hall–Kier alpha value is -1.35. The Kier molecular flexibility index (Phi) is 1.20. The van der Waals surface area contributed by atoms with Crippen LogP contribution in [0.1, 0.15) is 0 Å². The first-order valence-electron chi connectivity index (χ1n) is 3.28. The number of hydrogen-bond donors (Lipinski definition) is 1. The van der Waals surface area contributed by atoms with Crippen LogP contribution in [-0.2, 0) is 4.74 Å². The van der Waals surface area contributed by atoms with Crippen molar-refractivity contribution >= 4 is 6.21 Å². The Morgan fingerprint density at radius 1 is 1.45 bits per heavy atom. The Balaban J connectivity index is 2.47. The zero-order chi connectivity index (χ0) is 7.73. The molecule has 1 N–H and O–H groups in total. The maximum Gasteiger partial charge on any atom is 0.148 e. The smallest absolute Gasteiger partial charge is 0.148 e. The van der Waals surface area contributed by atoms with Crippen LogP contribution in [0.3, 0.4) is 0 Å². The van der Waals surface area contributed by atoms with Gasteiger partial charge in [-0.15, -0.1) is 0 Å². The van der Waals surface area contributed by atoms with Crippen molar-refractivity contribution in [1.29, 1.82) is 0 Å². The van der Waals surface area contributed by atoms with E-state index >= 15 is 0 Å². The van der Waals surface area contributed by atoms with Gasteiger partial charge in [-0.2, -0.15) is 0 Å². The molecule has 0 aromatic rings. The fraction of sp³-hybridized carbons (Fsp3) is 0.125. The monoisotopic (exact) mass is 149 g/mol. The van der Waals surface area contributed by atoms with Gasteiger partial charge in [0.05, 0.1) is 12.5 Å². The topological polar surface area (TPSA) is 41.8 Å². The van der Waals surface area contributed by atoms with Gasteiger partial charge in [-0.25, -0.2) is 0 Å². The molecule has 0 spiro atoms.